The van der Waals surface area contributed by atoms with E-state index in [1.54, 1.807) is 24.3 Å². The quantitative estimate of drug-likeness (QED) is 0.792. The number of aromatic nitrogens is 2. The van der Waals surface area contributed by atoms with Gasteiger partial charge >= 0.3 is 5.97 Å². The summed E-state index contributed by atoms with van der Waals surface area (Å²) in [4.78, 5) is 19.0. The molecule has 0 aliphatic heterocycles. The third kappa shape index (κ3) is 2.82. The molecule has 6 nitrogen and oxygen atoms in total. The van der Waals surface area contributed by atoms with Gasteiger partial charge in [0.1, 0.15) is 0 Å². The summed E-state index contributed by atoms with van der Waals surface area (Å²) >= 11 is 5.81. The molecule has 0 aliphatic carbocycles. The zero-order valence-corrected chi connectivity index (χ0v) is 11.4. The number of fused-ring (bicyclic) bond motifs is 1. The Hall–Kier alpha value is -1.73. The van der Waals surface area contributed by atoms with Gasteiger partial charge in [0.15, 0.2) is 15.9 Å². The number of esters is 1. The Labute approximate surface area is 114 Å². The van der Waals surface area contributed by atoms with Crippen LogP contribution in [-0.4, -0.2) is 37.2 Å². The maximum atomic E-state index is 12.0. The number of carbonyl (C=O) groups excluding carboxylic acids is 1. The van der Waals surface area contributed by atoms with Crippen LogP contribution in [0.4, 0.5) is 0 Å². The number of sulfone groups is 1. The van der Waals surface area contributed by atoms with Crippen molar-refractivity contribution >= 4 is 38.4 Å². The molecule has 100 valence electrons. The summed E-state index contributed by atoms with van der Waals surface area (Å²) in [5.41, 5.74) is 0.861. The van der Waals surface area contributed by atoms with Crippen molar-refractivity contribution in [3.05, 3.63) is 29.4 Å². The molecule has 1 heterocycles. The van der Waals surface area contributed by atoms with E-state index >= 15 is 0 Å². The van der Waals surface area contributed by atoms with E-state index in [0.717, 1.165) is 7.11 Å². The van der Waals surface area contributed by atoms with Crippen molar-refractivity contribution in [1.82, 2.24) is 9.97 Å². The number of carbonyl (C=O) groups is 1. The minimum Gasteiger partial charge on any atom is -0.468 e. The Morgan fingerprint density at radius 2 is 1.84 bits per heavy atom. The zero-order chi connectivity index (χ0) is 14.0. The molecule has 0 saturated heterocycles. The van der Waals surface area contributed by atoms with Crippen LogP contribution < -0.4 is 0 Å². The van der Waals surface area contributed by atoms with Crippen molar-refractivity contribution in [2.24, 2.45) is 0 Å². The number of nitrogens with zero attached hydrogens (tertiary/aromatic N) is 2. The number of benzene rings is 1. The molecule has 1 aromatic carbocycles. The second-order valence-corrected chi connectivity index (χ2v) is 5.91. The Bertz CT molecular complexity index is 745. The molecule has 0 fully saturated rings. The van der Waals surface area contributed by atoms with Crippen LogP contribution in [0.1, 0.15) is 0 Å². The van der Waals surface area contributed by atoms with Gasteiger partial charge in [-0.05, 0) is 12.1 Å². The fraction of sp³-hybridized carbons (Fsp3) is 0.182. The number of para-hydroxylation sites is 2. The van der Waals surface area contributed by atoms with Crippen molar-refractivity contribution in [3.63, 3.8) is 0 Å². The number of hydrogen-bond acceptors (Lipinski definition) is 6. The van der Waals surface area contributed by atoms with Gasteiger partial charge in [-0.25, -0.2) is 18.4 Å². The van der Waals surface area contributed by atoms with Gasteiger partial charge in [-0.1, -0.05) is 23.7 Å². The molecule has 0 unspecified atom stereocenters. The maximum absolute atomic E-state index is 12.0. The number of ether oxygens (including phenoxy) is 1. The third-order valence-corrected chi connectivity index (χ3v) is 4.19. The number of halogens is 1. The molecule has 19 heavy (non-hydrogen) atoms. The molecule has 0 spiro atoms. The summed E-state index contributed by atoms with van der Waals surface area (Å²) in [6, 6.07) is 6.69. The average molecular weight is 301 g/mol. The summed E-state index contributed by atoms with van der Waals surface area (Å²) in [5, 5.41) is -0.680. The molecule has 0 atom stereocenters. The van der Waals surface area contributed by atoms with Crippen molar-refractivity contribution in [2.45, 2.75) is 5.03 Å². The zero-order valence-electron chi connectivity index (χ0n) is 9.83. The molecule has 0 N–H and O–H groups in total. The van der Waals surface area contributed by atoms with Gasteiger partial charge in [0.25, 0.3) is 0 Å². The Morgan fingerprint density at radius 3 is 2.42 bits per heavy atom. The molecule has 8 heteroatoms. The third-order valence-electron chi connectivity index (χ3n) is 2.33. The minimum absolute atomic E-state index is 0.261. The van der Waals surface area contributed by atoms with E-state index in [0.29, 0.717) is 11.0 Å². The summed E-state index contributed by atoms with van der Waals surface area (Å²) in [7, 11) is -2.87. The predicted molar refractivity (Wildman–Crippen MR) is 68.6 cm³/mol. The van der Waals surface area contributed by atoms with Crippen molar-refractivity contribution in [3.8, 4) is 0 Å². The smallest absolute Gasteiger partial charge is 0.321 e. The first-order valence-corrected chi connectivity index (χ1v) is 7.19. The van der Waals surface area contributed by atoms with Gasteiger partial charge < -0.3 is 4.74 Å². The highest BCUT2D eigenvalue weighted by molar-refractivity contribution is 7.92. The normalized spacial score (nSPS) is 11.5. The van der Waals surface area contributed by atoms with Crippen molar-refractivity contribution < 1.29 is 17.9 Å². The number of rotatable bonds is 3. The van der Waals surface area contributed by atoms with Gasteiger partial charge in [-0.15, -0.1) is 0 Å². The second kappa shape index (κ2) is 5.10. The first kappa shape index (κ1) is 13.7. The molecule has 0 bridgehead atoms. The van der Waals surface area contributed by atoms with Crippen LogP contribution in [0.5, 0.6) is 0 Å². The Kier molecular flexibility index (Phi) is 3.68. The maximum Gasteiger partial charge on any atom is 0.321 e. The molecule has 2 aromatic rings. The minimum atomic E-state index is -3.97. The lowest BCUT2D eigenvalue weighted by molar-refractivity contribution is -0.137. The van der Waals surface area contributed by atoms with Crippen LogP contribution in [0, 0.1) is 0 Å². The highest BCUT2D eigenvalue weighted by Gasteiger charge is 2.25. The number of hydrogen-bond donors (Lipinski definition) is 0. The standard InChI is InChI=1S/C11H9ClN2O4S/c1-18-9(15)6-19(16,17)11-10(12)13-7-4-2-3-5-8(7)14-11/h2-5H,6H2,1H3. The molecular weight excluding hydrogens is 292 g/mol. The van der Waals surface area contributed by atoms with Crippen LogP contribution in [-0.2, 0) is 19.4 Å². The lowest BCUT2D eigenvalue weighted by Gasteiger charge is -2.05. The Balaban J connectivity index is 2.56. The molecule has 0 saturated carbocycles. The number of methoxy groups -OCH3 is 1. The lowest BCUT2D eigenvalue weighted by atomic mass is 10.3. The first-order valence-electron chi connectivity index (χ1n) is 5.16. The monoisotopic (exact) mass is 300 g/mol. The van der Waals surface area contributed by atoms with E-state index in [9.17, 15) is 13.2 Å². The van der Waals surface area contributed by atoms with E-state index in [4.69, 9.17) is 11.6 Å². The largest absolute Gasteiger partial charge is 0.468 e. The summed E-state index contributed by atoms with van der Waals surface area (Å²) in [5.74, 6) is -1.71. The van der Waals surface area contributed by atoms with E-state index in [1.807, 2.05) is 0 Å². The topological polar surface area (TPSA) is 86.2 Å². The van der Waals surface area contributed by atoms with Gasteiger partial charge in [0, 0.05) is 0 Å². The molecule has 0 aliphatic rings. The predicted octanol–water partition coefficient (Wildman–Crippen LogP) is 1.23. The van der Waals surface area contributed by atoms with Crippen molar-refractivity contribution in [1.29, 1.82) is 0 Å². The lowest BCUT2D eigenvalue weighted by Crippen LogP contribution is -2.19. The molecular formula is C11H9ClN2O4S. The molecule has 0 radical (unpaired) electrons. The summed E-state index contributed by atoms with van der Waals surface area (Å²) in [6.45, 7) is 0. The SMILES string of the molecule is COC(=O)CS(=O)(=O)c1nc2ccccc2nc1Cl. The van der Waals surface area contributed by atoms with Crippen molar-refractivity contribution in [2.75, 3.05) is 12.9 Å². The first-order chi connectivity index (χ1) is 8.94. The second-order valence-electron chi connectivity index (χ2n) is 3.64. The van der Waals surface area contributed by atoms with Crippen LogP contribution in [0.3, 0.4) is 0 Å². The van der Waals surface area contributed by atoms with E-state index in [-0.39, 0.29) is 5.15 Å². The Morgan fingerprint density at radius 1 is 1.26 bits per heavy atom. The van der Waals surface area contributed by atoms with Gasteiger partial charge in [0.2, 0.25) is 9.84 Å². The van der Waals surface area contributed by atoms with E-state index < -0.39 is 26.6 Å². The van der Waals surface area contributed by atoms with Crippen LogP contribution in [0.15, 0.2) is 29.3 Å². The van der Waals surface area contributed by atoms with Gasteiger partial charge in [0.05, 0.1) is 18.1 Å². The summed E-state index contributed by atoms with van der Waals surface area (Å²) in [6.07, 6.45) is 0. The fourth-order valence-electron chi connectivity index (χ4n) is 1.44. The van der Waals surface area contributed by atoms with Crippen LogP contribution >= 0.6 is 11.6 Å². The fourth-order valence-corrected chi connectivity index (χ4v) is 3.03. The highest BCUT2D eigenvalue weighted by Crippen LogP contribution is 2.21. The molecule has 0 amide bonds. The highest BCUT2D eigenvalue weighted by atomic mass is 35.5. The molecule has 2 rings (SSSR count). The van der Waals surface area contributed by atoms with E-state index in [2.05, 4.69) is 14.7 Å². The van der Waals surface area contributed by atoms with Gasteiger partial charge in [-0.3, -0.25) is 4.79 Å². The summed E-state index contributed by atoms with van der Waals surface area (Å²) < 4.78 is 28.3. The van der Waals surface area contributed by atoms with Crippen LogP contribution in [0.25, 0.3) is 11.0 Å². The van der Waals surface area contributed by atoms with E-state index in [1.165, 1.54) is 0 Å². The average Bonchev–Trinajstić information content (AvgIpc) is 2.37. The molecule has 1 aromatic heterocycles. The van der Waals surface area contributed by atoms with Gasteiger partial charge in [-0.2, -0.15) is 0 Å². The van der Waals surface area contributed by atoms with Crippen LogP contribution in [0.2, 0.25) is 5.15 Å².